The number of fused-ring (bicyclic) bond motifs is 1. The molecule has 3 aliphatic heterocycles. The summed E-state index contributed by atoms with van der Waals surface area (Å²) in [6.07, 6.45) is 4.79. The van der Waals surface area contributed by atoms with Crippen molar-refractivity contribution in [1.82, 2.24) is 9.88 Å². The number of carboxylic acid groups (broad SMARTS) is 1. The number of rotatable bonds is 9. The number of nitrogens with zero attached hydrogens (tertiary/aromatic N) is 3. The van der Waals surface area contributed by atoms with E-state index in [0.29, 0.717) is 19.8 Å². The predicted octanol–water partition coefficient (Wildman–Crippen LogP) is 7.01. The van der Waals surface area contributed by atoms with E-state index in [4.69, 9.17) is 14.5 Å². The van der Waals surface area contributed by atoms with Gasteiger partial charge in [0.05, 0.1) is 30.5 Å². The van der Waals surface area contributed by atoms with Gasteiger partial charge in [0.2, 0.25) is 0 Å². The summed E-state index contributed by atoms with van der Waals surface area (Å²) in [6.45, 7) is 14.6. The van der Waals surface area contributed by atoms with E-state index in [1.807, 2.05) is 19.9 Å². The lowest BCUT2D eigenvalue weighted by molar-refractivity contribution is -0.136. The van der Waals surface area contributed by atoms with Gasteiger partial charge in [-0.05, 0) is 91.3 Å². The zero-order valence-electron chi connectivity index (χ0n) is 27.8. The molecule has 0 atom stereocenters. The third-order valence-electron chi connectivity index (χ3n) is 10.2. The van der Waals surface area contributed by atoms with Gasteiger partial charge in [0.15, 0.2) is 0 Å². The normalized spacial score (nSPS) is 18.8. The molecule has 6 rings (SSSR count). The van der Waals surface area contributed by atoms with Crippen molar-refractivity contribution in [2.75, 3.05) is 37.7 Å². The maximum absolute atomic E-state index is 13.7. The molecule has 4 heterocycles. The SMILES string of the molecule is Cc1cc(F)ccc1CN1CCc2cc(-c3c(COC4CCOCC4)nc(C)c(CC(=O)O)c3N3CCC(C)(C)CC3)ccc2C1. The molecule has 3 aliphatic rings. The number of benzene rings is 2. The van der Waals surface area contributed by atoms with Gasteiger partial charge in [-0.1, -0.05) is 38.1 Å². The third kappa shape index (κ3) is 7.45. The average Bonchev–Trinajstić information content (AvgIpc) is 3.02. The molecule has 2 fully saturated rings. The van der Waals surface area contributed by atoms with Crippen molar-refractivity contribution in [3.8, 4) is 11.1 Å². The third-order valence-corrected chi connectivity index (χ3v) is 10.2. The van der Waals surface area contributed by atoms with Crippen molar-refractivity contribution in [3.05, 3.63) is 81.4 Å². The number of hydrogen-bond donors (Lipinski definition) is 1. The Labute approximate surface area is 272 Å². The molecule has 0 spiro atoms. The Morgan fingerprint density at radius 2 is 1.83 bits per heavy atom. The van der Waals surface area contributed by atoms with Gasteiger partial charge >= 0.3 is 5.97 Å². The number of carbonyl (C=O) groups is 1. The first kappa shape index (κ1) is 32.6. The number of hydrogen-bond acceptors (Lipinski definition) is 6. The maximum atomic E-state index is 13.7. The molecule has 1 N–H and O–H groups in total. The van der Waals surface area contributed by atoms with Crippen LogP contribution in [0.5, 0.6) is 0 Å². The van der Waals surface area contributed by atoms with Crippen LogP contribution < -0.4 is 4.90 Å². The molecule has 0 unspecified atom stereocenters. The van der Waals surface area contributed by atoms with E-state index in [1.165, 1.54) is 11.1 Å². The van der Waals surface area contributed by atoms with E-state index in [9.17, 15) is 14.3 Å². The Hall–Kier alpha value is -3.33. The van der Waals surface area contributed by atoms with E-state index in [-0.39, 0.29) is 23.8 Å². The van der Waals surface area contributed by atoms with E-state index in [1.54, 1.807) is 12.1 Å². The highest BCUT2D eigenvalue weighted by Crippen LogP contribution is 2.43. The molecule has 8 heteroatoms. The number of anilines is 1. The Kier molecular flexibility index (Phi) is 9.78. The van der Waals surface area contributed by atoms with Crippen LogP contribution in [-0.4, -0.2) is 59.9 Å². The fourth-order valence-electron chi connectivity index (χ4n) is 7.26. The summed E-state index contributed by atoms with van der Waals surface area (Å²) < 4.78 is 25.7. The molecule has 1 aromatic heterocycles. The van der Waals surface area contributed by atoms with Gasteiger partial charge in [-0.25, -0.2) is 4.39 Å². The molecule has 46 heavy (non-hydrogen) atoms. The quantitative estimate of drug-likeness (QED) is 0.273. The molecule has 7 nitrogen and oxygen atoms in total. The molecule has 3 aromatic rings. The lowest BCUT2D eigenvalue weighted by Crippen LogP contribution is -2.38. The van der Waals surface area contributed by atoms with Crippen LogP contribution in [0, 0.1) is 25.1 Å². The minimum atomic E-state index is -0.845. The Bertz CT molecular complexity index is 1570. The van der Waals surface area contributed by atoms with Crippen LogP contribution in [0.15, 0.2) is 36.4 Å². The van der Waals surface area contributed by atoms with Gasteiger partial charge in [0, 0.05) is 62.8 Å². The second-order valence-electron chi connectivity index (χ2n) is 14.2. The van der Waals surface area contributed by atoms with Crippen molar-refractivity contribution in [1.29, 1.82) is 0 Å². The van der Waals surface area contributed by atoms with Gasteiger partial charge in [-0.3, -0.25) is 14.7 Å². The first-order chi connectivity index (χ1) is 22.1. The molecule has 0 amide bonds. The van der Waals surface area contributed by atoms with E-state index < -0.39 is 5.97 Å². The number of piperidine rings is 1. The summed E-state index contributed by atoms with van der Waals surface area (Å²) in [6, 6.07) is 11.8. The molecule has 0 saturated carbocycles. The molecule has 0 aliphatic carbocycles. The smallest absolute Gasteiger partial charge is 0.307 e. The molecule has 246 valence electrons. The summed E-state index contributed by atoms with van der Waals surface area (Å²) in [7, 11) is 0. The highest BCUT2D eigenvalue weighted by molar-refractivity contribution is 5.87. The van der Waals surface area contributed by atoms with Crippen LogP contribution in [0.4, 0.5) is 10.1 Å². The number of ether oxygens (including phenoxy) is 2. The zero-order chi connectivity index (χ0) is 32.4. The van der Waals surface area contributed by atoms with Crippen molar-refractivity contribution in [2.24, 2.45) is 5.41 Å². The van der Waals surface area contributed by atoms with Gasteiger partial charge < -0.3 is 19.5 Å². The summed E-state index contributed by atoms with van der Waals surface area (Å²) >= 11 is 0. The molecule has 2 aromatic carbocycles. The maximum Gasteiger partial charge on any atom is 0.307 e. The predicted molar refractivity (Wildman–Crippen MR) is 179 cm³/mol. The van der Waals surface area contributed by atoms with Crippen LogP contribution in [0.1, 0.15) is 78.7 Å². The summed E-state index contributed by atoms with van der Waals surface area (Å²) in [5.41, 5.74) is 10.5. The second-order valence-corrected chi connectivity index (χ2v) is 14.2. The number of pyridine rings is 1. The minimum absolute atomic E-state index is 0.0646. The lowest BCUT2D eigenvalue weighted by Gasteiger charge is -2.40. The largest absolute Gasteiger partial charge is 0.481 e. The number of carboxylic acids is 1. The molecule has 0 bridgehead atoms. The zero-order valence-corrected chi connectivity index (χ0v) is 27.8. The molecular weight excluding hydrogens is 581 g/mol. The standard InChI is InChI=1S/C38H48FN3O4/c1-25-19-31(39)8-7-29(25)22-41-14-9-27-20-28(5-6-30(27)23-41)36-34(24-46-32-10-17-45-18-11-32)40-26(2)33(21-35(43)44)37(36)42-15-12-38(3,4)13-16-42/h5-8,19-20,32H,9-18,21-24H2,1-4H3,(H,43,44). The summed E-state index contributed by atoms with van der Waals surface area (Å²) in [5.74, 6) is -1.04. The minimum Gasteiger partial charge on any atom is -0.481 e. The van der Waals surface area contributed by atoms with Crippen LogP contribution in [-0.2, 0) is 46.8 Å². The number of aromatic nitrogens is 1. The fraction of sp³-hybridized carbons (Fsp3) is 0.526. The second kappa shape index (κ2) is 13.8. The van der Waals surface area contributed by atoms with E-state index in [2.05, 4.69) is 41.8 Å². The van der Waals surface area contributed by atoms with E-state index >= 15 is 0 Å². The summed E-state index contributed by atoms with van der Waals surface area (Å²) in [4.78, 5) is 22.1. The van der Waals surface area contributed by atoms with Gasteiger partial charge in [0.25, 0.3) is 0 Å². The van der Waals surface area contributed by atoms with Crippen LogP contribution >= 0.6 is 0 Å². The topological polar surface area (TPSA) is 75.1 Å². The first-order valence-corrected chi connectivity index (χ1v) is 16.8. The van der Waals surface area contributed by atoms with Crippen LogP contribution in [0.25, 0.3) is 11.1 Å². The number of aryl methyl sites for hydroxylation is 2. The molecular formula is C38H48FN3O4. The van der Waals surface area contributed by atoms with Crippen molar-refractivity contribution in [3.63, 3.8) is 0 Å². The fourth-order valence-corrected chi connectivity index (χ4v) is 7.26. The van der Waals surface area contributed by atoms with Gasteiger partial charge in [-0.15, -0.1) is 0 Å². The Morgan fingerprint density at radius 1 is 1.07 bits per heavy atom. The first-order valence-electron chi connectivity index (χ1n) is 16.8. The van der Waals surface area contributed by atoms with Crippen molar-refractivity contribution >= 4 is 11.7 Å². The van der Waals surface area contributed by atoms with Crippen molar-refractivity contribution < 1.29 is 23.8 Å². The molecule has 2 saturated heterocycles. The molecule has 0 radical (unpaired) electrons. The number of aliphatic carboxylic acids is 1. The van der Waals surface area contributed by atoms with Gasteiger partial charge in [0.1, 0.15) is 5.82 Å². The van der Waals surface area contributed by atoms with E-state index in [0.717, 1.165) is 110 Å². The van der Waals surface area contributed by atoms with Gasteiger partial charge in [-0.2, -0.15) is 0 Å². The van der Waals surface area contributed by atoms with Crippen molar-refractivity contribution in [2.45, 2.75) is 92.0 Å². The van der Waals surface area contributed by atoms with Crippen LogP contribution in [0.2, 0.25) is 0 Å². The van der Waals surface area contributed by atoms with Crippen LogP contribution in [0.3, 0.4) is 0 Å². The number of halogens is 1. The highest BCUT2D eigenvalue weighted by Gasteiger charge is 2.31. The monoisotopic (exact) mass is 629 g/mol. The Balaban J connectivity index is 1.37. The highest BCUT2D eigenvalue weighted by atomic mass is 19.1. The lowest BCUT2D eigenvalue weighted by atomic mass is 9.81. The average molecular weight is 630 g/mol. The Morgan fingerprint density at radius 3 is 2.54 bits per heavy atom. The summed E-state index contributed by atoms with van der Waals surface area (Å²) in [5, 5.41) is 10.0.